The third-order valence-corrected chi connectivity index (χ3v) is 6.76. The summed E-state index contributed by atoms with van der Waals surface area (Å²) in [5.41, 5.74) is 1.93. The van der Waals surface area contributed by atoms with Crippen LogP contribution in [0.25, 0.3) is 21.3 Å². The van der Waals surface area contributed by atoms with Crippen LogP contribution in [0.15, 0.2) is 12.1 Å². The summed E-state index contributed by atoms with van der Waals surface area (Å²) in [5.74, 6) is -0.254. The predicted molar refractivity (Wildman–Crippen MR) is 99.0 cm³/mol. The highest BCUT2D eigenvalue weighted by Crippen LogP contribution is 2.38. The van der Waals surface area contributed by atoms with Gasteiger partial charge in [0, 0.05) is 19.9 Å². The highest BCUT2D eigenvalue weighted by atomic mass is 35.5. The largest absolute Gasteiger partial charge is 0.326 e. The molecule has 1 aromatic carbocycles. The van der Waals surface area contributed by atoms with Crippen LogP contribution in [0.3, 0.4) is 0 Å². The molecule has 2 heterocycles. The van der Waals surface area contributed by atoms with Gasteiger partial charge in [-0.1, -0.05) is 23.2 Å². The average Bonchev–Trinajstić information content (AvgIpc) is 2.96. The van der Waals surface area contributed by atoms with Crippen LogP contribution in [0.5, 0.6) is 0 Å². The number of thiazole rings is 1. The molecule has 130 valence electrons. The second kappa shape index (κ2) is 6.46. The molecule has 0 spiro atoms. The SMILES string of the molecule is CCn1c2sc(C)[n+](CCCS(=O)(=O)O)c2c2ccc(Cl)c(Cl)c21. The quantitative estimate of drug-likeness (QED) is 0.512. The summed E-state index contributed by atoms with van der Waals surface area (Å²) in [6, 6.07) is 3.73. The van der Waals surface area contributed by atoms with Gasteiger partial charge >= 0.3 is 0 Å². The monoisotopic (exact) mass is 407 g/mol. The lowest BCUT2D eigenvalue weighted by molar-refractivity contribution is -0.672. The lowest BCUT2D eigenvalue weighted by Crippen LogP contribution is -2.35. The van der Waals surface area contributed by atoms with E-state index >= 15 is 0 Å². The topological polar surface area (TPSA) is 63.2 Å². The first-order valence-electron chi connectivity index (χ1n) is 7.49. The molecule has 24 heavy (non-hydrogen) atoms. The fourth-order valence-corrected chi connectivity index (χ4v) is 5.17. The van der Waals surface area contributed by atoms with Crippen molar-refractivity contribution in [1.29, 1.82) is 0 Å². The molecular weight excluding hydrogens is 391 g/mol. The summed E-state index contributed by atoms with van der Waals surface area (Å²) in [6.07, 6.45) is 0.344. The fraction of sp³-hybridized carbons (Fsp3) is 0.400. The van der Waals surface area contributed by atoms with E-state index in [-0.39, 0.29) is 5.75 Å². The Balaban J connectivity index is 2.20. The highest BCUT2D eigenvalue weighted by molar-refractivity contribution is 7.85. The molecule has 3 aromatic rings. The Kier molecular flexibility index (Phi) is 4.83. The zero-order valence-electron chi connectivity index (χ0n) is 13.2. The van der Waals surface area contributed by atoms with Crippen LogP contribution >= 0.6 is 34.5 Å². The van der Waals surface area contributed by atoms with E-state index < -0.39 is 10.1 Å². The molecule has 0 radical (unpaired) electrons. The minimum Gasteiger partial charge on any atom is -0.326 e. The van der Waals surface area contributed by atoms with Crippen molar-refractivity contribution in [3.05, 3.63) is 27.2 Å². The van der Waals surface area contributed by atoms with E-state index in [0.717, 1.165) is 32.8 Å². The zero-order chi connectivity index (χ0) is 17.6. The minimum atomic E-state index is -3.95. The average molecular weight is 408 g/mol. The molecule has 0 amide bonds. The van der Waals surface area contributed by atoms with Crippen molar-refractivity contribution in [3.8, 4) is 0 Å². The summed E-state index contributed by atoms with van der Waals surface area (Å²) < 4.78 is 35.1. The van der Waals surface area contributed by atoms with Crippen molar-refractivity contribution in [2.24, 2.45) is 0 Å². The number of fused-ring (bicyclic) bond motifs is 3. The lowest BCUT2D eigenvalue weighted by Gasteiger charge is -2.04. The Morgan fingerprint density at radius 1 is 1.33 bits per heavy atom. The predicted octanol–water partition coefficient (Wildman–Crippen LogP) is 4.06. The van der Waals surface area contributed by atoms with Gasteiger partial charge in [0.2, 0.25) is 10.5 Å². The molecule has 0 aliphatic carbocycles. The van der Waals surface area contributed by atoms with E-state index in [1.165, 1.54) is 0 Å². The molecule has 0 unspecified atom stereocenters. The summed E-state index contributed by atoms with van der Waals surface area (Å²) in [5, 5.41) is 3.11. The number of rotatable bonds is 5. The van der Waals surface area contributed by atoms with Crippen molar-refractivity contribution in [2.45, 2.75) is 33.4 Å². The molecule has 0 aliphatic heterocycles. The number of hydrogen-bond donors (Lipinski definition) is 1. The van der Waals surface area contributed by atoms with E-state index in [0.29, 0.717) is 23.0 Å². The molecule has 0 saturated carbocycles. The van der Waals surface area contributed by atoms with Crippen LogP contribution in [-0.2, 0) is 23.2 Å². The molecule has 5 nitrogen and oxygen atoms in total. The van der Waals surface area contributed by atoms with Crippen molar-refractivity contribution < 1.29 is 17.5 Å². The number of nitrogens with zero attached hydrogens (tertiary/aromatic N) is 2. The second-order valence-electron chi connectivity index (χ2n) is 5.57. The second-order valence-corrected chi connectivity index (χ2v) is 9.11. The Bertz CT molecular complexity index is 1040. The van der Waals surface area contributed by atoms with Gasteiger partial charge in [-0.2, -0.15) is 13.0 Å². The normalized spacial score (nSPS) is 12.5. The van der Waals surface area contributed by atoms with Gasteiger partial charge in [-0.3, -0.25) is 4.55 Å². The van der Waals surface area contributed by atoms with E-state index in [1.807, 2.05) is 19.9 Å². The fourth-order valence-electron chi connectivity index (χ4n) is 3.03. The first-order chi connectivity index (χ1) is 11.2. The molecule has 0 saturated heterocycles. The van der Waals surface area contributed by atoms with Crippen LogP contribution in [0.2, 0.25) is 10.0 Å². The summed E-state index contributed by atoms with van der Waals surface area (Å²) >= 11 is 14.2. The molecule has 2 aromatic heterocycles. The maximum atomic E-state index is 11.0. The minimum absolute atomic E-state index is 0.254. The van der Waals surface area contributed by atoms with Gasteiger partial charge in [-0.25, -0.2) is 0 Å². The van der Waals surface area contributed by atoms with Gasteiger partial charge in [0.05, 0.1) is 26.7 Å². The summed E-state index contributed by atoms with van der Waals surface area (Å²) in [6.45, 7) is 5.31. The van der Waals surface area contributed by atoms with Gasteiger partial charge in [0.1, 0.15) is 0 Å². The van der Waals surface area contributed by atoms with Crippen LogP contribution < -0.4 is 4.57 Å². The van der Waals surface area contributed by atoms with Crippen molar-refractivity contribution in [2.75, 3.05) is 5.75 Å². The first kappa shape index (κ1) is 17.9. The zero-order valence-corrected chi connectivity index (χ0v) is 16.4. The van der Waals surface area contributed by atoms with E-state index in [1.54, 1.807) is 17.4 Å². The Morgan fingerprint density at radius 3 is 2.67 bits per heavy atom. The Hall–Kier alpha value is -0.860. The molecule has 0 aliphatic rings. The van der Waals surface area contributed by atoms with Crippen LogP contribution in [0.1, 0.15) is 18.4 Å². The molecular formula is C15H17Cl2N2O3S2+. The molecule has 0 fully saturated rings. The van der Waals surface area contributed by atoms with E-state index in [9.17, 15) is 8.42 Å². The van der Waals surface area contributed by atoms with Crippen molar-refractivity contribution >= 4 is 65.9 Å². The third-order valence-electron chi connectivity index (χ3n) is 4.04. The summed E-state index contributed by atoms with van der Waals surface area (Å²) in [7, 11) is -3.95. The Labute approximate surface area is 154 Å². The molecule has 1 N–H and O–H groups in total. The smallest absolute Gasteiger partial charge is 0.265 e. The summed E-state index contributed by atoms with van der Waals surface area (Å²) in [4.78, 5) is 1.08. The van der Waals surface area contributed by atoms with E-state index in [2.05, 4.69) is 9.13 Å². The first-order valence-corrected chi connectivity index (χ1v) is 10.7. The third kappa shape index (κ3) is 3.04. The Morgan fingerprint density at radius 2 is 2.04 bits per heavy atom. The van der Waals surface area contributed by atoms with Gasteiger partial charge in [0.25, 0.3) is 10.1 Å². The van der Waals surface area contributed by atoms with E-state index in [4.69, 9.17) is 27.8 Å². The molecule has 0 atom stereocenters. The van der Waals surface area contributed by atoms with Gasteiger partial charge in [-0.15, -0.1) is 0 Å². The lowest BCUT2D eigenvalue weighted by atomic mass is 10.2. The number of aromatic nitrogens is 2. The van der Waals surface area contributed by atoms with Crippen molar-refractivity contribution in [3.63, 3.8) is 0 Å². The number of hydrogen-bond acceptors (Lipinski definition) is 3. The van der Waals surface area contributed by atoms with Crippen LogP contribution in [0.4, 0.5) is 0 Å². The number of halogens is 2. The number of benzene rings is 1. The van der Waals surface area contributed by atoms with Gasteiger partial charge in [-0.05, 0) is 30.4 Å². The van der Waals surface area contributed by atoms with Gasteiger partial charge < -0.3 is 4.57 Å². The molecule has 9 heteroatoms. The van der Waals surface area contributed by atoms with Gasteiger partial charge in [0.15, 0.2) is 11.4 Å². The molecule has 3 rings (SSSR count). The maximum Gasteiger partial charge on any atom is 0.265 e. The molecule has 0 bridgehead atoms. The number of aryl methyl sites for hydroxylation is 3. The highest BCUT2D eigenvalue weighted by Gasteiger charge is 2.27. The maximum absolute atomic E-state index is 11.0. The standard InChI is InChI=1S/C15H16Cl2N2O3S2/c1-3-18-13-10(5-6-11(16)12(13)17)14-15(18)23-9(2)19(14)7-4-8-24(20,21)22/h5-6H,3-4,7-8H2,1-2H3/p+1. The van der Waals surface area contributed by atoms with Crippen molar-refractivity contribution in [1.82, 2.24) is 4.57 Å². The van der Waals surface area contributed by atoms with Crippen LogP contribution in [0, 0.1) is 6.92 Å². The van der Waals surface area contributed by atoms with Crippen LogP contribution in [-0.4, -0.2) is 23.3 Å².